The van der Waals surface area contributed by atoms with Gasteiger partial charge in [0.1, 0.15) is 0 Å². The van der Waals surface area contributed by atoms with Gasteiger partial charge < -0.3 is 15.5 Å². The fraction of sp³-hybridized carbons (Fsp3) is 0.750. The maximum absolute atomic E-state index is 12.9. The molecule has 0 heterocycles. The smallest absolute Gasteiger partial charge is 0.310 e. The number of aliphatic hydroxyl groups excluding tert-OH is 1. The number of hydrogen-bond donors (Lipinski definition) is 3. The van der Waals surface area contributed by atoms with Crippen molar-refractivity contribution in [2.45, 2.75) is 112 Å². The van der Waals surface area contributed by atoms with E-state index in [0.29, 0.717) is 11.8 Å². The molecule has 0 radical (unpaired) electrons. The maximum Gasteiger partial charge on any atom is 0.310 e. The highest BCUT2D eigenvalue weighted by atomic mass is 16.4. The van der Waals surface area contributed by atoms with E-state index in [2.05, 4.69) is 77.2 Å². The minimum absolute atomic E-state index is 0.0374. The van der Waals surface area contributed by atoms with Crippen LogP contribution in [-0.4, -0.2) is 28.8 Å². The van der Waals surface area contributed by atoms with Crippen LogP contribution in [0, 0.1) is 50.2 Å². The van der Waals surface area contributed by atoms with Gasteiger partial charge >= 0.3 is 5.97 Å². The lowest BCUT2D eigenvalue weighted by Gasteiger charge is -2.71. The molecule has 1 aromatic rings. The summed E-state index contributed by atoms with van der Waals surface area (Å²) < 4.78 is 0. The highest BCUT2D eigenvalue weighted by molar-refractivity contribution is 5.76. The molecule has 2 unspecified atom stereocenters. The molecule has 3 N–H and O–H groups in total. The Morgan fingerprint density at radius 1 is 0.900 bits per heavy atom. The van der Waals surface area contributed by atoms with Gasteiger partial charge in [0.15, 0.2) is 0 Å². The quantitative estimate of drug-likeness (QED) is 0.332. The first-order valence-corrected chi connectivity index (χ1v) is 16.1. The number of carbonyl (C=O) groups is 1. The third-order valence-electron chi connectivity index (χ3n) is 14.3. The number of aliphatic carboxylic acids is 1. The minimum Gasteiger partial charge on any atom is -0.481 e. The van der Waals surface area contributed by atoms with Crippen LogP contribution >= 0.6 is 0 Å². The number of carboxylic acids is 1. The lowest BCUT2D eigenvalue weighted by molar-refractivity contribution is -0.206. The van der Waals surface area contributed by atoms with Gasteiger partial charge in [-0.2, -0.15) is 0 Å². The Bertz CT molecular complexity index is 1190. The summed E-state index contributed by atoms with van der Waals surface area (Å²) in [5, 5.41) is 25.8. The lowest BCUT2D eigenvalue weighted by Crippen LogP contribution is -2.66. The van der Waals surface area contributed by atoms with E-state index in [1.54, 1.807) is 0 Å². The van der Waals surface area contributed by atoms with Crippen LogP contribution in [0.5, 0.6) is 0 Å². The molecule has 1 aromatic carbocycles. The highest BCUT2D eigenvalue weighted by Gasteiger charge is 2.69. The van der Waals surface area contributed by atoms with E-state index in [9.17, 15) is 15.0 Å². The second-order valence-electron chi connectivity index (χ2n) is 16.5. The molecule has 4 nitrogen and oxygen atoms in total. The third kappa shape index (κ3) is 3.76. The molecule has 0 bridgehead atoms. The normalized spacial score (nSPS) is 47.5. The van der Waals surface area contributed by atoms with E-state index in [-0.39, 0.29) is 39.1 Å². The fourth-order valence-corrected chi connectivity index (χ4v) is 11.5. The van der Waals surface area contributed by atoms with Crippen molar-refractivity contribution in [3.8, 4) is 0 Å². The Hall–Kier alpha value is -1.81. The molecule has 5 aliphatic carbocycles. The van der Waals surface area contributed by atoms with Gasteiger partial charge in [0.2, 0.25) is 0 Å². The number of carboxylic acid groups (broad SMARTS) is 1. The standard InChI is InChI=1S/C36H53NO3/c1-31(2)18-20-36(30(39)40)21-19-34(5)25(26(36)22-31)12-13-28-32(3)16-15-29(38)33(4,27(32)14-17-35(28,34)6)23-37-24-10-8-7-9-11-24/h7-12,26-29,37-38H,13-23H2,1-6H3,(H,39,40)/t26-,27?,28?,29-,32-,33-,34+,35+,36-/m0/s1. The number of fused-ring (bicyclic) bond motifs is 7. The number of nitrogens with one attached hydrogen (secondary N) is 1. The van der Waals surface area contributed by atoms with Crippen molar-refractivity contribution < 1.29 is 15.0 Å². The lowest BCUT2D eigenvalue weighted by atomic mass is 9.33. The first-order chi connectivity index (χ1) is 18.7. The molecular weight excluding hydrogens is 494 g/mol. The summed E-state index contributed by atoms with van der Waals surface area (Å²) >= 11 is 0. The van der Waals surface area contributed by atoms with Crippen LogP contribution in [0.1, 0.15) is 106 Å². The summed E-state index contributed by atoms with van der Waals surface area (Å²) in [6.45, 7) is 15.5. The van der Waals surface area contributed by atoms with Gasteiger partial charge in [0.05, 0.1) is 11.5 Å². The Morgan fingerprint density at radius 2 is 1.60 bits per heavy atom. The zero-order valence-electron chi connectivity index (χ0n) is 25.9. The molecular formula is C36H53NO3. The van der Waals surface area contributed by atoms with Crippen LogP contribution in [0.2, 0.25) is 0 Å². The molecule has 9 atom stereocenters. The first-order valence-electron chi connectivity index (χ1n) is 16.1. The molecule has 6 rings (SSSR count). The molecule has 4 saturated carbocycles. The van der Waals surface area contributed by atoms with E-state index in [0.717, 1.165) is 76.4 Å². The van der Waals surface area contributed by atoms with Crippen molar-refractivity contribution in [3.63, 3.8) is 0 Å². The molecule has 4 fully saturated rings. The Labute approximate surface area is 242 Å². The van der Waals surface area contributed by atoms with Crippen molar-refractivity contribution in [1.82, 2.24) is 0 Å². The zero-order valence-corrected chi connectivity index (χ0v) is 25.9. The average Bonchev–Trinajstić information content (AvgIpc) is 2.90. The van der Waals surface area contributed by atoms with E-state index >= 15 is 0 Å². The predicted molar refractivity (Wildman–Crippen MR) is 162 cm³/mol. The predicted octanol–water partition coefficient (Wildman–Crippen LogP) is 8.33. The summed E-state index contributed by atoms with van der Waals surface area (Å²) in [6, 6.07) is 10.4. The summed E-state index contributed by atoms with van der Waals surface area (Å²) in [5.41, 5.74) is 2.38. The number of allylic oxidation sites excluding steroid dienone is 2. The summed E-state index contributed by atoms with van der Waals surface area (Å²) in [6.07, 6.45) is 12.2. The molecule has 220 valence electrons. The SMILES string of the molecule is CC1(C)CC[C@]2(C(=O)O)CC[C@]3(C)C(=CCC4[C@@]5(C)CC[C@H](O)[C@@](C)(CNc6ccccc6)C5CC[C@]43C)[C@@H]2C1. The van der Waals surface area contributed by atoms with Crippen LogP contribution in [0.25, 0.3) is 0 Å². The topological polar surface area (TPSA) is 69.6 Å². The number of rotatable bonds is 4. The highest BCUT2D eigenvalue weighted by Crippen LogP contribution is 2.75. The van der Waals surface area contributed by atoms with Crippen molar-refractivity contribution >= 4 is 11.7 Å². The molecule has 5 aliphatic rings. The van der Waals surface area contributed by atoms with Gasteiger partial charge in [-0.15, -0.1) is 0 Å². The Morgan fingerprint density at radius 3 is 2.30 bits per heavy atom. The Kier molecular flexibility index (Phi) is 6.44. The van der Waals surface area contributed by atoms with Crippen molar-refractivity contribution in [1.29, 1.82) is 0 Å². The third-order valence-corrected chi connectivity index (χ3v) is 14.3. The van der Waals surface area contributed by atoms with Gasteiger partial charge in [-0.25, -0.2) is 0 Å². The van der Waals surface area contributed by atoms with E-state index in [1.807, 2.05) is 6.07 Å². The average molecular weight is 548 g/mol. The monoisotopic (exact) mass is 547 g/mol. The van der Waals surface area contributed by atoms with Gasteiger partial charge in [0.25, 0.3) is 0 Å². The van der Waals surface area contributed by atoms with E-state index in [4.69, 9.17) is 0 Å². The van der Waals surface area contributed by atoms with Crippen LogP contribution in [-0.2, 0) is 4.79 Å². The minimum atomic E-state index is -0.582. The van der Waals surface area contributed by atoms with Gasteiger partial charge in [0, 0.05) is 17.6 Å². The van der Waals surface area contributed by atoms with Crippen LogP contribution in [0.4, 0.5) is 5.69 Å². The number of benzene rings is 1. The van der Waals surface area contributed by atoms with Crippen LogP contribution < -0.4 is 5.32 Å². The van der Waals surface area contributed by atoms with Gasteiger partial charge in [-0.3, -0.25) is 4.79 Å². The zero-order chi connectivity index (χ0) is 28.8. The number of anilines is 1. The van der Waals surface area contributed by atoms with Crippen molar-refractivity contribution in [3.05, 3.63) is 42.0 Å². The van der Waals surface area contributed by atoms with Crippen LogP contribution in [0.15, 0.2) is 42.0 Å². The largest absolute Gasteiger partial charge is 0.481 e. The second-order valence-corrected chi connectivity index (χ2v) is 16.5. The number of para-hydroxylation sites is 1. The van der Waals surface area contributed by atoms with Crippen LogP contribution in [0.3, 0.4) is 0 Å². The van der Waals surface area contributed by atoms with Gasteiger partial charge in [-0.1, -0.05) is 71.4 Å². The second kappa shape index (κ2) is 9.09. The molecule has 0 saturated heterocycles. The van der Waals surface area contributed by atoms with Crippen molar-refractivity contribution in [2.24, 2.45) is 50.2 Å². The summed E-state index contributed by atoms with van der Waals surface area (Å²) in [5.74, 6) is 0.600. The Balaban J connectivity index is 1.36. The first kappa shape index (κ1) is 28.3. The van der Waals surface area contributed by atoms with Crippen molar-refractivity contribution in [2.75, 3.05) is 11.9 Å². The number of aliphatic hydroxyl groups is 1. The molecule has 40 heavy (non-hydrogen) atoms. The molecule has 0 spiro atoms. The number of hydrogen-bond acceptors (Lipinski definition) is 3. The molecule has 0 amide bonds. The summed E-state index contributed by atoms with van der Waals surface area (Å²) in [7, 11) is 0. The molecule has 4 heteroatoms. The van der Waals surface area contributed by atoms with Gasteiger partial charge in [-0.05, 0) is 116 Å². The maximum atomic E-state index is 12.9. The fourth-order valence-electron chi connectivity index (χ4n) is 11.5. The molecule has 0 aliphatic heterocycles. The molecule has 0 aromatic heterocycles. The van der Waals surface area contributed by atoms with E-state index < -0.39 is 11.4 Å². The summed E-state index contributed by atoms with van der Waals surface area (Å²) in [4.78, 5) is 12.9. The van der Waals surface area contributed by atoms with E-state index in [1.165, 1.54) is 5.57 Å².